The van der Waals surface area contributed by atoms with E-state index >= 15 is 0 Å². The molecule has 2 heterocycles. The molecule has 0 spiro atoms. The molecular weight excluding hydrogens is 312 g/mol. The number of nitrogens with one attached hydrogen (secondary N) is 2. The van der Waals surface area contributed by atoms with Gasteiger partial charge in [-0.1, -0.05) is 47.5 Å². The van der Waals surface area contributed by atoms with E-state index in [1.165, 1.54) is 34.7 Å². The van der Waals surface area contributed by atoms with Crippen LogP contribution >= 0.6 is 0 Å². The Morgan fingerprint density at radius 1 is 1.12 bits per heavy atom. The van der Waals surface area contributed by atoms with Gasteiger partial charge in [0.25, 0.3) is 0 Å². The van der Waals surface area contributed by atoms with Crippen LogP contribution in [0.15, 0.2) is 42.5 Å². The van der Waals surface area contributed by atoms with Gasteiger partial charge in [0.05, 0.1) is 13.2 Å². The number of methoxy groups -OCH3 is 1. The number of rotatable bonds is 2. The zero-order valence-corrected chi connectivity index (χ0v) is 14.7. The number of esters is 1. The number of aromatic amines is 1. The largest absolute Gasteiger partial charge is 0.468 e. The van der Waals surface area contributed by atoms with Crippen molar-refractivity contribution >= 4 is 16.9 Å². The van der Waals surface area contributed by atoms with E-state index in [4.69, 9.17) is 4.74 Å². The first-order valence-electron chi connectivity index (χ1n) is 8.58. The summed E-state index contributed by atoms with van der Waals surface area (Å²) in [5.41, 5.74) is 7.05. The average Bonchev–Trinajstić information content (AvgIpc) is 2.98. The first kappa shape index (κ1) is 15.9. The molecule has 1 aliphatic heterocycles. The Morgan fingerprint density at radius 2 is 1.84 bits per heavy atom. The lowest BCUT2D eigenvalue weighted by Gasteiger charge is -2.30. The van der Waals surface area contributed by atoms with Crippen molar-refractivity contribution in [3.8, 4) is 0 Å². The van der Waals surface area contributed by atoms with Gasteiger partial charge in [-0.2, -0.15) is 0 Å². The Bertz CT molecular complexity index is 937. The van der Waals surface area contributed by atoms with E-state index in [1.54, 1.807) is 0 Å². The molecule has 2 unspecified atom stereocenters. The molecule has 2 aromatic carbocycles. The highest BCUT2D eigenvalue weighted by molar-refractivity contribution is 5.87. The molecule has 0 saturated carbocycles. The van der Waals surface area contributed by atoms with Crippen LogP contribution in [0.5, 0.6) is 0 Å². The number of fused-ring (bicyclic) bond motifs is 3. The molecule has 0 saturated heterocycles. The van der Waals surface area contributed by atoms with Gasteiger partial charge in [0.15, 0.2) is 0 Å². The highest BCUT2D eigenvalue weighted by Gasteiger charge is 2.34. The van der Waals surface area contributed by atoms with Crippen molar-refractivity contribution in [3.63, 3.8) is 0 Å². The Balaban J connectivity index is 1.90. The molecular formula is C21H22N2O2. The summed E-state index contributed by atoms with van der Waals surface area (Å²) in [6, 6.07) is 14.4. The van der Waals surface area contributed by atoms with Crippen molar-refractivity contribution in [2.45, 2.75) is 32.4 Å². The van der Waals surface area contributed by atoms with Gasteiger partial charge < -0.3 is 9.72 Å². The third-order valence-corrected chi connectivity index (χ3v) is 4.97. The standard InChI is InChI=1S/C21H22N2O2/c1-12-8-13(2)10-14(9-12)19-20-16(11-18(23-19)21(24)25-3)15-6-4-5-7-17(15)22-20/h4-10,18-19,22-23H,11H2,1-3H3. The Labute approximate surface area is 147 Å². The molecule has 2 N–H and O–H groups in total. The van der Waals surface area contributed by atoms with Gasteiger partial charge in [-0.3, -0.25) is 10.1 Å². The molecule has 4 nitrogen and oxygen atoms in total. The Hall–Kier alpha value is -2.59. The van der Waals surface area contributed by atoms with Gasteiger partial charge in [0, 0.05) is 23.0 Å². The van der Waals surface area contributed by atoms with Gasteiger partial charge in [0.2, 0.25) is 0 Å². The van der Waals surface area contributed by atoms with Crippen LogP contribution < -0.4 is 5.32 Å². The van der Waals surface area contributed by atoms with E-state index in [0.29, 0.717) is 6.42 Å². The predicted octanol–water partition coefficient (Wildman–Crippen LogP) is 3.56. The second-order valence-electron chi connectivity index (χ2n) is 6.86. The van der Waals surface area contributed by atoms with Gasteiger partial charge in [-0.15, -0.1) is 0 Å². The molecule has 3 aromatic rings. The van der Waals surface area contributed by atoms with E-state index < -0.39 is 0 Å². The van der Waals surface area contributed by atoms with Crippen molar-refractivity contribution < 1.29 is 9.53 Å². The van der Waals surface area contributed by atoms with Crippen molar-refractivity contribution in [2.24, 2.45) is 0 Å². The molecule has 4 rings (SSSR count). The van der Waals surface area contributed by atoms with Crippen molar-refractivity contribution in [1.82, 2.24) is 10.3 Å². The molecule has 1 aliphatic rings. The van der Waals surface area contributed by atoms with E-state index in [9.17, 15) is 4.79 Å². The summed E-state index contributed by atoms with van der Waals surface area (Å²) in [5.74, 6) is -0.217. The quantitative estimate of drug-likeness (QED) is 0.705. The SMILES string of the molecule is COC(=O)C1Cc2c([nH]c3ccccc23)C(c2cc(C)cc(C)c2)N1. The molecule has 25 heavy (non-hydrogen) atoms. The highest BCUT2D eigenvalue weighted by Crippen LogP contribution is 2.35. The maximum Gasteiger partial charge on any atom is 0.323 e. The van der Waals surface area contributed by atoms with Crippen LogP contribution in [-0.4, -0.2) is 24.1 Å². The minimum atomic E-state index is -0.345. The molecule has 0 amide bonds. The summed E-state index contributed by atoms with van der Waals surface area (Å²) in [7, 11) is 1.45. The van der Waals surface area contributed by atoms with Crippen molar-refractivity contribution in [3.05, 3.63) is 70.4 Å². The molecule has 0 aliphatic carbocycles. The van der Waals surface area contributed by atoms with Crippen molar-refractivity contribution in [1.29, 1.82) is 0 Å². The van der Waals surface area contributed by atoms with Crippen LogP contribution in [-0.2, 0) is 16.0 Å². The summed E-state index contributed by atoms with van der Waals surface area (Å²) in [6.07, 6.45) is 0.632. The summed E-state index contributed by atoms with van der Waals surface area (Å²) in [4.78, 5) is 15.8. The molecule has 4 heteroatoms. The van der Waals surface area contributed by atoms with E-state index in [-0.39, 0.29) is 18.1 Å². The number of aromatic nitrogens is 1. The maximum absolute atomic E-state index is 12.3. The second-order valence-corrected chi connectivity index (χ2v) is 6.86. The van der Waals surface area contributed by atoms with Gasteiger partial charge in [-0.05, 0) is 31.0 Å². The van der Waals surface area contributed by atoms with Crippen LogP contribution in [0.3, 0.4) is 0 Å². The minimum absolute atomic E-state index is 0.0566. The number of H-pyrrole nitrogens is 1. The molecule has 1 aromatic heterocycles. The predicted molar refractivity (Wildman–Crippen MR) is 98.7 cm³/mol. The topological polar surface area (TPSA) is 54.1 Å². The molecule has 2 atom stereocenters. The Morgan fingerprint density at radius 3 is 2.56 bits per heavy atom. The lowest BCUT2D eigenvalue weighted by Crippen LogP contribution is -2.45. The monoisotopic (exact) mass is 334 g/mol. The third-order valence-electron chi connectivity index (χ3n) is 4.97. The number of ether oxygens (including phenoxy) is 1. The number of carbonyl (C=O) groups excluding carboxylic acids is 1. The molecule has 0 radical (unpaired) electrons. The normalized spacial score (nSPS) is 19.6. The zero-order valence-electron chi connectivity index (χ0n) is 14.7. The van der Waals surface area contributed by atoms with Crippen LogP contribution in [0.2, 0.25) is 0 Å². The number of aryl methyl sites for hydroxylation is 2. The molecule has 128 valence electrons. The van der Waals surface area contributed by atoms with Crippen molar-refractivity contribution in [2.75, 3.05) is 7.11 Å². The van der Waals surface area contributed by atoms with Gasteiger partial charge in [0.1, 0.15) is 6.04 Å². The van der Waals surface area contributed by atoms with E-state index in [2.05, 4.69) is 54.5 Å². The van der Waals surface area contributed by atoms with E-state index in [0.717, 1.165) is 11.2 Å². The van der Waals surface area contributed by atoms with Gasteiger partial charge in [-0.25, -0.2) is 0 Å². The smallest absolute Gasteiger partial charge is 0.323 e. The fraction of sp³-hybridized carbons (Fsp3) is 0.286. The third kappa shape index (κ3) is 2.72. The summed E-state index contributed by atoms with van der Waals surface area (Å²) < 4.78 is 5.01. The van der Waals surface area contributed by atoms with Crippen LogP contribution in [0.25, 0.3) is 10.9 Å². The first-order valence-corrected chi connectivity index (χ1v) is 8.58. The fourth-order valence-electron chi connectivity index (χ4n) is 3.97. The summed E-state index contributed by atoms with van der Waals surface area (Å²) >= 11 is 0. The summed E-state index contributed by atoms with van der Waals surface area (Å²) in [5, 5.41) is 4.67. The number of carbonyl (C=O) groups is 1. The van der Waals surface area contributed by atoms with Crippen LogP contribution in [0.1, 0.15) is 34.0 Å². The maximum atomic E-state index is 12.3. The number of hydrogen-bond acceptors (Lipinski definition) is 3. The lowest BCUT2D eigenvalue weighted by molar-refractivity contribution is -0.143. The average molecular weight is 334 g/mol. The molecule has 0 fully saturated rings. The minimum Gasteiger partial charge on any atom is -0.468 e. The number of hydrogen-bond donors (Lipinski definition) is 2. The van der Waals surface area contributed by atoms with Crippen LogP contribution in [0.4, 0.5) is 0 Å². The van der Waals surface area contributed by atoms with Crippen LogP contribution in [0, 0.1) is 13.8 Å². The first-order chi connectivity index (χ1) is 12.1. The number of para-hydroxylation sites is 1. The lowest BCUT2D eigenvalue weighted by atomic mass is 9.89. The zero-order chi connectivity index (χ0) is 17.6. The highest BCUT2D eigenvalue weighted by atomic mass is 16.5. The molecule has 0 bridgehead atoms. The van der Waals surface area contributed by atoms with Gasteiger partial charge >= 0.3 is 5.97 Å². The summed E-state index contributed by atoms with van der Waals surface area (Å²) in [6.45, 7) is 4.20. The van der Waals surface area contributed by atoms with E-state index in [1.807, 2.05) is 12.1 Å². The fourth-order valence-corrected chi connectivity index (χ4v) is 3.97. The Kier molecular flexibility index (Phi) is 3.85. The number of benzene rings is 2. The second kappa shape index (κ2) is 6.05.